The summed E-state index contributed by atoms with van der Waals surface area (Å²) in [4.78, 5) is 3.27. The minimum Gasteiger partial charge on any atom is -0.329 e. The summed E-state index contributed by atoms with van der Waals surface area (Å²) in [5, 5.41) is 3.26. The normalized spacial score (nSPS) is 13.6. The minimum absolute atomic E-state index is 0.205. The molecule has 1 aromatic carbocycles. The van der Waals surface area contributed by atoms with Gasteiger partial charge in [0.25, 0.3) is 0 Å². The average molecular weight is 336 g/mol. The molecule has 0 amide bonds. The predicted octanol–water partition coefficient (Wildman–Crippen LogP) is 3.21. The van der Waals surface area contributed by atoms with Crippen molar-refractivity contribution in [1.82, 2.24) is 10.1 Å². The second kappa shape index (κ2) is 4.93. The molecular weight excluding hydrogens is 327 g/mol. The van der Waals surface area contributed by atoms with Gasteiger partial charge in [0.15, 0.2) is 5.82 Å². The van der Waals surface area contributed by atoms with E-state index >= 15 is 0 Å². The summed E-state index contributed by atoms with van der Waals surface area (Å²) < 4.78 is 42.0. The van der Waals surface area contributed by atoms with E-state index in [2.05, 4.69) is 30.6 Å². The van der Waals surface area contributed by atoms with Crippen LogP contribution in [0.25, 0.3) is 0 Å². The van der Waals surface area contributed by atoms with E-state index in [0.29, 0.717) is 5.56 Å². The van der Waals surface area contributed by atoms with Crippen molar-refractivity contribution in [1.29, 1.82) is 0 Å². The molecule has 4 nitrogen and oxygen atoms in total. The van der Waals surface area contributed by atoms with Gasteiger partial charge < -0.3 is 10.3 Å². The molecule has 0 aliphatic rings. The van der Waals surface area contributed by atoms with Gasteiger partial charge in [0, 0.05) is 4.47 Å². The number of rotatable bonds is 2. The van der Waals surface area contributed by atoms with Gasteiger partial charge in [-0.15, -0.1) is 0 Å². The highest BCUT2D eigenvalue weighted by molar-refractivity contribution is 9.10. The van der Waals surface area contributed by atoms with Crippen molar-refractivity contribution < 1.29 is 17.7 Å². The van der Waals surface area contributed by atoms with Crippen LogP contribution in [0.5, 0.6) is 0 Å². The van der Waals surface area contributed by atoms with Gasteiger partial charge in [0.1, 0.15) is 0 Å². The van der Waals surface area contributed by atoms with Crippen LogP contribution < -0.4 is 5.73 Å². The molecule has 2 rings (SSSR count). The fourth-order valence-corrected chi connectivity index (χ4v) is 1.82. The zero-order valence-electron chi connectivity index (χ0n) is 9.70. The van der Waals surface area contributed by atoms with Crippen LogP contribution in [0.4, 0.5) is 13.2 Å². The van der Waals surface area contributed by atoms with Crippen molar-refractivity contribution in [3.8, 4) is 0 Å². The Bertz CT molecular complexity index is 597. The van der Waals surface area contributed by atoms with Gasteiger partial charge in [-0.2, -0.15) is 18.2 Å². The van der Waals surface area contributed by atoms with Crippen molar-refractivity contribution in [2.75, 3.05) is 0 Å². The molecule has 2 aromatic rings. The monoisotopic (exact) mass is 335 g/mol. The molecule has 0 saturated carbocycles. The van der Waals surface area contributed by atoms with Gasteiger partial charge in [-0.25, -0.2) is 0 Å². The molecule has 2 N–H and O–H groups in total. The molecule has 1 aromatic heterocycles. The van der Waals surface area contributed by atoms with E-state index in [1.165, 1.54) is 0 Å². The Labute approximate surface area is 114 Å². The second-order valence-corrected chi connectivity index (χ2v) is 4.80. The van der Waals surface area contributed by atoms with Crippen molar-refractivity contribution in [2.45, 2.75) is 19.1 Å². The maximum atomic E-state index is 12.3. The number of aryl methyl sites for hydroxylation is 1. The minimum atomic E-state index is -4.67. The number of hydrogen-bond donors (Lipinski definition) is 1. The number of aromatic nitrogens is 2. The molecule has 8 heteroatoms. The van der Waals surface area contributed by atoms with Crippen molar-refractivity contribution in [3.05, 3.63) is 45.5 Å². The molecule has 0 bridgehead atoms. The molecule has 0 aliphatic heterocycles. The van der Waals surface area contributed by atoms with Gasteiger partial charge in [0.2, 0.25) is 0 Å². The molecule has 0 saturated heterocycles. The van der Waals surface area contributed by atoms with Gasteiger partial charge >= 0.3 is 12.1 Å². The third-order valence-corrected chi connectivity index (χ3v) is 3.37. The molecule has 19 heavy (non-hydrogen) atoms. The first kappa shape index (κ1) is 14.0. The van der Waals surface area contributed by atoms with E-state index in [1.54, 1.807) is 18.2 Å². The summed E-state index contributed by atoms with van der Waals surface area (Å²) >= 11 is 3.32. The summed E-state index contributed by atoms with van der Waals surface area (Å²) in [6.07, 6.45) is -4.67. The second-order valence-electron chi connectivity index (χ2n) is 3.94. The molecule has 1 heterocycles. The molecular formula is C11H9BrF3N3O. The number of hydrogen-bond acceptors (Lipinski definition) is 4. The van der Waals surface area contributed by atoms with Gasteiger partial charge in [-0.3, -0.25) is 0 Å². The van der Waals surface area contributed by atoms with Crippen LogP contribution in [0.15, 0.2) is 27.2 Å². The lowest BCUT2D eigenvalue weighted by Gasteiger charge is -2.09. The Balaban J connectivity index is 2.31. The van der Waals surface area contributed by atoms with Gasteiger partial charge in [0.05, 0.1) is 6.04 Å². The van der Waals surface area contributed by atoms with E-state index < -0.39 is 18.1 Å². The Hall–Kier alpha value is -1.41. The van der Waals surface area contributed by atoms with E-state index in [4.69, 9.17) is 5.73 Å². The molecule has 0 radical (unpaired) electrons. The fourth-order valence-electron chi connectivity index (χ4n) is 1.43. The highest BCUT2D eigenvalue weighted by atomic mass is 79.9. The van der Waals surface area contributed by atoms with Crippen molar-refractivity contribution in [3.63, 3.8) is 0 Å². The third-order valence-electron chi connectivity index (χ3n) is 2.52. The number of halogens is 4. The summed E-state index contributed by atoms with van der Waals surface area (Å²) in [5.74, 6) is -1.60. The zero-order valence-corrected chi connectivity index (χ0v) is 11.3. The van der Waals surface area contributed by atoms with E-state index in [1.807, 2.05) is 6.92 Å². The molecule has 0 fully saturated rings. The van der Waals surface area contributed by atoms with Crippen LogP contribution >= 0.6 is 15.9 Å². The molecule has 0 spiro atoms. The number of alkyl halides is 3. The van der Waals surface area contributed by atoms with Crippen LogP contribution in [0, 0.1) is 6.92 Å². The van der Waals surface area contributed by atoms with Crippen LogP contribution in [-0.4, -0.2) is 10.1 Å². The van der Waals surface area contributed by atoms with Crippen LogP contribution in [0.3, 0.4) is 0 Å². The lowest BCUT2D eigenvalue weighted by atomic mass is 10.1. The number of benzene rings is 1. The van der Waals surface area contributed by atoms with Crippen LogP contribution in [0.2, 0.25) is 0 Å². The highest BCUT2D eigenvalue weighted by Gasteiger charge is 2.39. The lowest BCUT2D eigenvalue weighted by molar-refractivity contribution is -0.159. The summed E-state index contributed by atoms with van der Waals surface area (Å²) in [6, 6.07) is 4.33. The largest absolute Gasteiger partial charge is 0.471 e. The standard InChI is InChI=1S/C11H9BrF3N3O/c1-5-2-3-6(4-7(5)12)8(16)9-17-10(19-18-9)11(13,14)15/h2-4,8H,16H2,1H3. The number of nitrogens with two attached hydrogens (primary N) is 1. The predicted molar refractivity (Wildman–Crippen MR) is 64.2 cm³/mol. The van der Waals surface area contributed by atoms with Crippen LogP contribution in [0.1, 0.15) is 28.9 Å². The summed E-state index contributed by atoms with van der Waals surface area (Å²) in [7, 11) is 0. The topological polar surface area (TPSA) is 64.9 Å². The van der Waals surface area contributed by atoms with E-state index in [9.17, 15) is 13.2 Å². The maximum Gasteiger partial charge on any atom is 0.471 e. The van der Waals surface area contributed by atoms with Crippen molar-refractivity contribution >= 4 is 15.9 Å². The van der Waals surface area contributed by atoms with Gasteiger partial charge in [-0.05, 0) is 24.1 Å². The molecule has 102 valence electrons. The van der Waals surface area contributed by atoms with Crippen LogP contribution in [-0.2, 0) is 6.18 Å². The Morgan fingerprint density at radius 3 is 2.58 bits per heavy atom. The lowest BCUT2D eigenvalue weighted by Crippen LogP contribution is -2.14. The Morgan fingerprint density at radius 1 is 1.37 bits per heavy atom. The smallest absolute Gasteiger partial charge is 0.329 e. The quantitative estimate of drug-likeness (QED) is 0.915. The maximum absolute atomic E-state index is 12.3. The first-order chi connectivity index (χ1) is 8.79. The molecule has 1 unspecified atom stereocenters. The average Bonchev–Trinajstić information content (AvgIpc) is 2.81. The fraction of sp³-hybridized carbons (Fsp3) is 0.273. The van der Waals surface area contributed by atoms with Crippen molar-refractivity contribution in [2.24, 2.45) is 5.73 Å². The SMILES string of the molecule is Cc1ccc(C(N)c2noc(C(F)(F)F)n2)cc1Br. The molecule has 0 aliphatic carbocycles. The first-order valence-corrected chi connectivity index (χ1v) is 6.01. The van der Waals surface area contributed by atoms with Gasteiger partial charge in [-0.1, -0.05) is 33.2 Å². The van der Waals surface area contributed by atoms with E-state index in [-0.39, 0.29) is 5.82 Å². The third kappa shape index (κ3) is 2.95. The Kier molecular flexibility index (Phi) is 3.64. The highest BCUT2D eigenvalue weighted by Crippen LogP contribution is 2.29. The summed E-state index contributed by atoms with van der Waals surface area (Å²) in [6.45, 7) is 1.88. The molecule has 1 atom stereocenters. The zero-order chi connectivity index (χ0) is 14.2. The number of nitrogens with zero attached hydrogens (tertiary/aromatic N) is 2. The van der Waals surface area contributed by atoms with E-state index in [0.717, 1.165) is 10.0 Å². The Morgan fingerprint density at radius 2 is 2.05 bits per heavy atom. The first-order valence-electron chi connectivity index (χ1n) is 5.21. The summed E-state index contributed by atoms with van der Waals surface area (Å²) in [5.41, 5.74) is 7.39.